The van der Waals surface area contributed by atoms with Crippen molar-refractivity contribution in [1.82, 2.24) is 4.90 Å². The summed E-state index contributed by atoms with van der Waals surface area (Å²) in [5.74, 6) is 0. The van der Waals surface area contributed by atoms with Gasteiger partial charge in [0.15, 0.2) is 0 Å². The zero-order valence-electron chi connectivity index (χ0n) is 9.82. The van der Waals surface area contributed by atoms with Crippen LogP contribution in [0, 0.1) is 0 Å². The molecule has 2 unspecified atom stereocenters. The van der Waals surface area contributed by atoms with E-state index < -0.39 is 0 Å². The highest BCUT2D eigenvalue weighted by Gasteiger charge is 2.14. The summed E-state index contributed by atoms with van der Waals surface area (Å²) in [5.41, 5.74) is 5.89. The van der Waals surface area contributed by atoms with E-state index in [2.05, 4.69) is 18.7 Å². The third kappa shape index (κ3) is 5.54. The van der Waals surface area contributed by atoms with Crippen LogP contribution in [0.2, 0.25) is 0 Å². The Bertz CT molecular complexity index is 133. The lowest BCUT2D eigenvalue weighted by Gasteiger charge is -2.29. The van der Waals surface area contributed by atoms with Gasteiger partial charge in [0.25, 0.3) is 0 Å². The highest BCUT2D eigenvalue weighted by molar-refractivity contribution is 4.71. The third-order valence-electron chi connectivity index (χ3n) is 2.29. The van der Waals surface area contributed by atoms with Crippen LogP contribution in [-0.4, -0.2) is 57.5 Å². The van der Waals surface area contributed by atoms with Crippen LogP contribution in [0.1, 0.15) is 13.8 Å². The van der Waals surface area contributed by atoms with Crippen molar-refractivity contribution in [3.05, 3.63) is 0 Å². The first-order valence-electron chi connectivity index (χ1n) is 5.13. The predicted molar refractivity (Wildman–Crippen MR) is 58.4 cm³/mol. The second-order valence-electron chi connectivity index (χ2n) is 3.61. The first-order chi connectivity index (χ1) is 6.65. The van der Waals surface area contributed by atoms with Crippen molar-refractivity contribution in [3.8, 4) is 0 Å². The van der Waals surface area contributed by atoms with E-state index in [1.54, 1.807) is 14.2 Å². The molecular formula is C10H24N2O2. The Morgan fingerprint density at radius 2 is 1.79 bits per heavy atom. The molecule has 2 atom stereocenters. The van der Waals surface area contributed by atoms with Gasteiger partial charge in [0.1, 0.15) is 0 Å². The molecule has 0 aromatic heterocycles. The minimum absolute atomic E-state index is 0.0826. The van der Waals surface area contributed by atoms with Crippen LogP contribution >= 0.6 is 0 Å². The van der Waals surface area contributed by atoms with Crippen LogP contribution in [0.25, 0.3) is 0 Å². The van der Waals surface area contributed by atoms with Gasteiger partial charge in [-0.25, -0.2) is 0 Å². The van der Waals surface area contributed by atoms with Crippen LogP contribution in [0.15, 0.2) is 0 Å². The SMILES string of the molecule is CCN(CC(N)COC)C(C)COC. The van der Waals surface area contributed by atoms with Crippen molar-refractivity contribution in [2.75, 3.05) is 40.5 Å². The number of hydrogen-bond acceptors (Lipinski definition) is 4. The monoisotopic (exact) mass is 204 g/mol. The number of nitrogens with zero attached hydrogens (tertiary/aromatic N) is 1. The molecule has 0 amide bonds. The van der Waals surface area contributed by atoms with E-state index in [1.807, 2.05) is 0 Å². The maximum absolute atomic E-state index is 5.89. The fourth-order valence-corrected chi connectivity index (χ4v) is 1.54. The molecule has 0 spiro atoms. The maximum Gasteiger partial charge on any atom is 0.0626 e. The first-order valence-corrected chi connectivity index (χ1v) is 5.13. The van der Waals surface area contributed by atoms with Crippen LogP contribution in [0.5, 0.6) is 0 Å². The van der Waals surface area contributed by atoms with Gasteiger partial charge in [-0.1, -0.05) is 6.92 Å². The molecule has 0 aliphatic heterocycles. The summed E-state index contributed by atoms with van der Waals surface area (Å²) in [6.07, 6.45) is 0. The van der Waals surface area contributed by atoms with Crippen molar-refractivity contribution in [2.45, 2.75) is 25.9 Å². The van der Waals surface area contributed by atoms with Crippen LogP contribution in [-0.2, 0) is 9.47 Å². The zero-order valence-corrected chi connectivity index (χ0v) is 9.82. The molecule has 2 N–H and O–H groups in total. The lowest BCUT2D eigenvalue weighted by molar-refractivity contribution is 0.0867. The summed E-state index contributed by atoms with van der Waals surface area (Å²) in [6.45, 7) is 7.47. The predicted octanol–water partition coefficient (Wildman–Crippen LogP) is 0.317. The standard InChI is InChI=1S/C10H24N2O2/c1-5-12(9(2)7-13-3)6-10(11)8-14-4/h9-10H,5-8,11H2,1-4H3. The largest absolute Gasteiger partial charge is 0.383 e. The van der Waals surface area contributed by atoms with Gasteiger partial charge in [-0.15, -0.1) is 0 Å². The van der Waals surface area contributed by atoms with E-state index in [0.717, 1.165) is 19.7 Å². The molecule has 4 heteroatoms. The van der Waals surface area contributed by atoms with Gasteiger partial charge in [-0.2, -0.15) is 0 Å². The number of rotatable bonds is 8. The smallest absolute Gasteiger partial charge is 0.0626 e. The van der Waals surface area contributed by atoms with Gasteiger partial charge in [-0.05, 0) is 13.5 Å². The van der Waals surface area contributed by atoms with E-state index in [1.165, 1.54) is 0 Å². The van der Waals surface area contributed by atoms with E-state index in [4.69, 9.17) is 15.2 Å². The second kappa shape index (κ2) is 8.17. The molecule has 86 valence electrons. The van der Waals surface area contributed by atoms with Crippen molar-refractivity contribution >= 4 is 0 Å². The molecule has 0 aliphatic carbocycles. The summed E-state index contributed by atoms with van der Waals surface area (Å²) >= 11 is 0. The quantitative estimate of drug-likeness (QED) is 0.618. The summed E-state index contributed by atoms with van der Waals surface area (Å²) in [5, 5.41) is 0. The Kier molecular flexibility index (Phi) is 8.08. The molecular weight excluding hydrogens is 180 g/mol. The number of nitrogens with two attached hydrogens (primary N) is 1. The van der Waals surface area contributed by atoms with Crippen LogP contribution in [0.4, 0.5) is 0 Å². The molecule has 0 aromatic carbocycles. The Morgan fingerprint density at radius 1 is 1.21 bits per heavy atom. The van der Waals surface area contributed by atoms with Gasteiger partial charge in [0, 0.05) is 32.8 Å². The highest BCUT2D eigenvalue weighted by atomic mass is 16.5. The lowest BCUT2D eigenvalue weighted by atomic mass is 10.2. The zero-order chi connectivity index (χ0) is 11.0. The molecule has 0 saturated heterocycles. The van der Waals surface area contributed by atoms with E-state index in [-0.39, 0.29) is 6.04 Å². The number of hydrogen-bond donors (Lipinski definition) is 1. The molecule has 0 aliphatic rings. The van der Waals surface area contributed by atoms with Gasteiger partial charge in [0.2, 0.25) is 0 Å². The summed E-state index contributed by atoms with van der Waals surface area (Å²) < 4.78 is 10.1. The maximum atomic E-state index is 5.89. The van der Waals surface area contributed by atoms with E-state index >= 15 is 0 Å². The van der Waals surface area contributed by atoms with Crippen molar-refractivity contribution in [3.63, 3.8) is 0 Å². The van der Waals surface area contributed by atoms with Crippen LogP contribution in [0.3, 0.4) is 0 Å². The molecule has 0 heterocycles. The van der Waals surface area contributed by atoms with Gasteiger partial charge in [0.05, 0.1) is 13.2 Å². The number of methoxy groups -OCH3 is 2. The topological polar surface area (TPSA) is 47.7 Å². The van der Waals surface area contributed by atoms with Crippen molar-refractivity contribution in [2.24, 2.45) is 5.73 Å². The van der Waals surface area contributed by atoms with Crippen LogP contribution < -0.4 is 5.73 Å². The lowest BCUT2D eigenvalue weighted by Crippen LogP contribution is -2.45. The number of ether oxygens (including phenoxy) is 2. The van der Waals surface area contributed by atoms with E-state index in [9.17, 15) is 0 Å². The average molecular weight is 204 g/mol. The second-order valence-corrected chi connectivity index (χ2v) is 3.61. The van der Waals surface area contributed by atoms with Gasteiger partial charge in [-0.3, -0.25) is 4.90 Å². The Balaban J connectivity index is 3.87. The Hall–Kier alpha value is -0.160. The van der Waals surface area contributed by atoms with Crippen molar-refractivity contribution < 1.29 is 9.47 Å². The summed E-state index contributed by atoms with van der Waals surface area (Å²) in [4.78, 5) is 2.30. The minimum atomic E-state index is 0.0826. The molecule has 0 saturated carbocycles. The Morgan fingerprint density at radius 3 is 2.21 bits per heavy atom. The summed E-state index contributed by atoms with van der Waals surface area (Å²) in [6, 6.07) is 0.493. The summed E-state index contributed by atoms with van der Waals surface area (Å²) in [7, 11) is 3.40. The third-order valence-corrected chi connectivity index (χ3v) is 2.29. The number of likely N-dealkylation sites (N-methyl/N-ethyl adjacent to an activating group) is 1. The van der Waals surface area contributed by atoms with Crippen molar-refractivity contribution in [1.29, 1.82) is 0 Å². The average Bonchev–Trinajstić information content (AvgIpc) is 2.15. The molecule has 0 rings (SSSR count). The van der Waals surface area contributed by atoms with E-state index in [0.29, 0.717) is 12.6 Å². The normalized spacial score (nSPS) is 15.9. The van der Waals surface area contributed by atoms with Gasteiger partial charge >= 0.3 is 0 Å². The first kappa shape index (κ1) is 13.8. The molecule has 0 aromatic rings. The molecule has 14 heavy (non-hydrogen) atoms. The molecule has 0 fully saturated rings. The molecule has 4 nitrogen and oxygen atoms in total. The highest BCUT2D eigenvalue weighted by Crippen LogP contribution is 2.00. The molecule has 0 bridgehead atoms. The fourth-order valence-electron chi connectivity index (χ4n) is 1.54. The Labute approximate surface area is 87.4 Å². The molecule has 0 radical (unpaired) electrons. The fraction of sp³-hybridized carbons (Fsp3) is 1.00. The minimum Gasteiger partial charge on any atom is -0.383 e. The van der Waals surface area contributed by atoms with Gasteiger partial charge < -0.3 is 15.2 Å².